The lowest BCUT2D eigenvalue weighted by atomic mass is 10.1. The van der Waals surface area contributed by atoms with E-state index in [4.69, 9.17) is 21.1 Å². The van der Waals surface area contributed by atoms with Crippen LogP contribution in [0.3, 0.4) is 0 Å². The van der Waals surface area contributed by atoms with Gasteiger partial charge in [0.15, 0.2) is 18.1 Å². The normalized spacial score (nSPS) is 10.7. The molecule has 3 rings (SSSR count). The summed E-state index contributed by atoms with van der Waals surface area (Å²) >= 11 is 5.91. The molecule has 2 N–H and O–H groups in total. The smallest absolute Gasteiger partial charge is 0.277 e. The number of hydrogen-bond acceptors (Lipinski definition) is 5. The average molecular weight is 411 g/mol. The number of ether oxygens (including phenoxy) is 2. The summed E-state index contributed by atoms with van der Waals surface area (Å²) in [6.07, 6.45) is 1.39. The van der Waals surface area contributed by atoms with Gasteiger partial charge in [0.25, 0.3) is 5.91 Å². The lowest BCUT2D eigenvalue weighted by Gasteiger charge is -2.07. The summed E-state index contributed by atoms with van der Waals surface area (Å²) < 4.78 is 10.5. The molecule has 0 radical (unpaired) electrons. The van der Waals surface area contributed by atoms with Crippen molar-refractivity contribution in [1.29, 1.82) is 0 Å². The number of benzene rings is 3. The van der Waals surface area contributed by atoms with Crippen molar-refractivity contribution in [2.24, 2.45) is 5.10 Å². The topological polar surface area (TPSA) is 80.2 Å². The lowest BCUT2D eigenvalue weighted by Crippen LogP contribution is -2.24. The van der Waals surface area contributed by atoms with E-state index in [9.17, 15) is 9.90 Å². The van der Waals surface area contributed by atoms with Crippen molar-refractivity contribution in [2.75, 3.05) is 13.7 Å². The van der Waals surface area contributed by atoms with Gasteiger partial charge in [-0.1, -0.05) is 54.1 Å². The molecule has 6 nitrogen and oxygen atoms in total. The molecule has 0 saturated carbocycles. The fourth-order valence-corrected chi connectivity index (χ4v) is 2.78. The van der Waals surface area contributed by atoms with Crippen molar-refractivity contribution >= 4 is 23.7 Å². The Bertz CT molecular complexity index is 1010. The number of rotatable bonds is 7. The van der Waals surface area contributed by atoms with Gasteiger partial charge in [0.05, 0.1) is 18.3 Å². The molecule has 29 heavy (non-hydrogen) atoms. The second kappa shape index (κ2) is 9.61. The summed E-state index contributed by atoms with van der Waals surface area (Å²) in [5.74, 6) is 0.235. The molecule has 0 aliphatic rings. The Morgan fingerprint density at radius 2 is 1.79 bits per heavy atom. The van der Waals surface area contributed by atoms with Gasteiger partial charge < -0.3 is 14.6 Å². The van der Waals surface area contributed by atoms with Crippen molar-refractivity contribution in [1.82, 2.24) is 5.43 Å². The second-order valence-electron chi connectivity index (χ2n) is 6.03. The highest BCUT2D eigenvalue weighted by atomic mass is 35.5. The molecule has 0 aromatic heterocycles. The van der Waals surface area contributed by atoms with E-state index in [-0.39, 0.29) is 23.1 Å². The highest BCUT2D eigenvalue weighted by molar-refractivity contribution is 6.32. The minimum absolute atomic E-state index is 0.124. The Morgan fingerprint density at radius 1 is 1.10 bits per heavy atom. The van der Waals surface area contributed by atoms with E-state index in [0.717, 1.165) is 11.1 Å². The van der Waals surface area contributed by atoms with Crippen LogP contribution in [0.15, 0.2) is 71.8 Å². The number of nitrogens with one attached hydrogen (secondary N) is 1. The number of nitrogens with zero attached hydrogens (tertiary/aromatic N) is 1. The summed E-state index contributed by atoms with van der Waals surface area (Å²) in [5, 5.41) is 13.7. The molecule has 1 amide bonds. The monoisotopic (exact) mass is 410 g/mol. The highest BCUT2D eigenvalue weighted by Crippen LogP contribution is 2.34. The van der Waals surface area contributed by atoms with Gasteiger partial charge in [-0.05, 0) is 41.0 Å². The Balaban J connectivity index is 1.51. The van der Waals surface area contributed by atoms with E-state index in [1.165, 1.54) is 19.4 Å². The Morgan fingerprint density at radius 3 is 2.48 bits per heavy atom. The van der Waals surface area contributed by atoms with E-state index in [1.807, 2.05) is 54.6 Å². The Kier molecular flexibility index (Phi) is 6.71. The zero-order valence-corrected chi connectivity index (χ0v) is 16.4. The van der Waals surface area contributed by atoms with Crippen LogP contribution in [-0.2, 0) is 4.79 Å². The lowest BCUT2D eigenvalue weighted by molar-refractivity contribution is -0.123. The first-order valence-electron chi connectivity index (χ1n) is 8.73. The van der Waals surface area contributed by atoms with Crippen LogP contribution in [-0.4, -0.2) is 30.9 Å². The maximum atomic E-state index is 11.9. The Labute approximate surface area is 173 Å². The maximum absolute atomic E-state index is 11.9. The van der Waals surface area contributed by atoms with Crippen LogP contribution in [0, 0.1) is 0 Å². The van der Waals surface area contributed by atoms with Gasteiger partial charge >= 0.3 is 0 Å². The van der Waals surface area contributed by atoms with Gasteiger partial charge in [0.1, 0.15) is 5.75 Å². The zero-order chi connectivity index (χ0) is 20.6. The van der Waals surface area contributed by atoms with Crippen LogP contribution in [0.5, 0.6) is 17.2 Å². The number of amides is 1. The van der Waals surface area contributed by atoms with E-state index < -0.39 is 5.91 Å². The number of carbonyl (C=O) groups is 1. The summed E-state index contributed by atoms with van der Waals surface area (Å²) in [6.45, 7) is -0.179. The van der Waals surface area contributed by atoms with Crippen molar-refractivity contribution in [3.05, 3.63) is 77.3 Å². The summed E-state index contributed by atoms with van der Waals surface area (Å²) in [7, 11) is 1.41. The molecule has 0 bridgehead atoms. The quantitative estimate of drug-likeness (QED) is 0.450. The maximum Gasteiger partial charge on any atom is 0.277 e. The van der Waals surface area contributed by atoms with Crippen LogP contribution in [0.25, 0.3) is 11.1 Å². The van der Waals surface area contributed by atoms with Crippen LogP contribution in [0.4, 0.5) is 0 Å². The molecule has 0 atom stereocenters. The van der Waals surface area contributed by atoms with Crippen molar-refractivity contribution in [3.8, 4) is 28.4 Å². The summed E-state index contributed by atoms with van der Waals surface area (Å²) in [6, 6.07) is 20.5. The average Bonchev–Trinajstić information content (AvgIpc) is 2.75. The van der Waals surface area contributed by atoms with Gasteiger partial charge in [-0.3, -0.25) is 4.79 Å². The molecule has 0 saturated heterocycles. The summed E-state index contributed by atoms with van der Waals surface area (Å²) in [5.41, 5.74) is 5.10. The molecular weight excluding hydrogens is 392 g/mol. The number of methoxy groups -OCH3 is 1. The molecule has 0 aliphatic heterocycles. The van der Waals surface area contributed by atoms with Gasteiger partial charge in [0.2, 0.25) is 0 Å². The number of phenols is 1. The van der Waals surface area contributed by atoms with E-state index >= 15 is 0 Å². The van der Waals surface area contributed by atoms with Crippen molar-refractivity contribution in [3.63, 3.8) is 0 Å². The highest BCUT2D eigenvalue weighted by Gasteiger charge is 2.08. The third-order valence-electron chi connectivity index (χ3n) is 4.00. The second-order valence-corrected chi connectivity index (χ2v) is 6.43. The molecule has 148 valence electrons. The van der Waals surface area contributed by atoms with Crippen LogP contribution < -0.4 is 14.9 Å². The van der Waals surface area contributed by atoms with Gasteiger partial charge in [0, 0.05) is 0 Å². The molecular formula is C22H19ClN2O4. The molecule has 3 aromatic rings. The third-order valence-corrected chi connectivity index (χ3v) is 4.29. The molecule has 0 spiro atoms. The van der Waals surface area contributed by atoms with Crippen LogP contribution in [0.2, 0.25) is 5.02 Å². The minimum Gasteiger partial charge on any atom is -0.503 e. The molecule has 7 heteroatoms. The first kappa shape index (κ1) is 20.2. The first-order valence-corrected chi connectivity index (χ1v) is 9.11. The van der Waals surface area contributed by atoms with Crippen molar-refractivity contribution < 1.29 is 19.4 Å². The predicted molar refractivity (Wildman–Crippen MR) is 113 cm³/mol. The van der Waals surface area contributed by atoms with Crippen molar-refractivity contribution in [2.45, 2.75) is 0 Å². The van der Waals surface area contributed by atoms with Gasteiger partial charge in [-0.25, -0.2) is 5.43 Å². The zero-order valence-electron chi connectivity index (χ0n) is 15.6. The summed E-state index contributed by atoms with van der Waals surface area (Å²) in [4.78, 5) is 11.9. The number of halogens is 1. The molecule has 3 aromatic carbocycles. The molecule has 0 unspecified atom stereocenters. The molecule has 0 fully saturated rings. The number of hydrogen-bond donors (Lipinski definition) is 2. The van der Waals surface area contributed by atoms with E-state index in [1.54, 1.807) is 6.07 Å². The van der Waals surface area contributed by atoms with E-state index in [2.05, 4.69) is 10.5 Å². The third kappa shape index (κ3) is 5.49. The largest absolute Gasteiger partial charge is 0.503 e. The SMILES string of the molecule is COc1cc(/C=N/NC(=O)COc2ccc(-c3ccccc3)cc2)cc(Cl)c1O. The fourth-order valence-electron chi connectivity index (χ4n) is 2.56. The van der Waals surface area contributed by atoms with Crippen LogP contribution >= 0.6 is 11.6 Å². The van der Waals surface area contributed by atoms with E-state index in [0.29, 0.717) is 11.3 Å². The van der Waals surface area contributed by atoms with Gasteiger partial charge in [-0.2, -0.15) is 5.10 Å². The number of carbonyl (C=O) groups excluding carboxylic acids is 1. The van der Waals surface area contributed by atoms with Gasteiger partial charge in [-0.15, -0.1) is 0 Å². The fraction of sp³-hybridized carbons (Fsp3) is 0.0909. The number of phenolic OH excluding ortho intramolecular Hbond substituents is 1. The molecule has 0 aliphatic carbocycles. The minimum atomic E-state index is -0.412. The van der Waals surface area contributed by atoms with Crippen LogP contribution in [0.1, 0.15) is 5.56 Å². The first-order chi connectivity index (χ1) is 14.1. The number of aromatic hydroxyl groups is 1. The predicted octanol–water partition coefficient (Wildman–Crippen LogP) is 4.25. The number of hydrazone groups is 1. The molecule has 0 heterocycles. The standard InChI is InChI=1S/C22H19ClN2O4/c1-28-20-12-15(11-19(23)22(20)27)13-24-25-21(26)14-29-18-9-7-17(8-10-18)16-5-3-2-4-6-16/h2-13,27H,14H2,1H3,(H,25,26)/b24-13+. The Hall–Kier alpha value is -3.51.